The van der Waals surface area contributed by atoms with Crippen molar-refractivity contribution in [2.24, 2.45) is 0 Å². The zero-order valence-electron chi connectivity index (χ0n) is 13.7. The number of anilines is 1. The number of pyridine rings is 1. The average molecular weight is 379 g/mol. The van der Waals surface area contributed by atoms with E-state index in [0.29, 0.717) is 21.5 Å². The van der Waals surface area contributed by atoms with Crippen molar-refractivity contribution >= 4 is 45.8 Å². The number of benzene rings is 1. The van der Waals surface area contributed by atoms with Crippen LogP contribution in [0.25, 0.3) is 11.0 Å². The number of rotatable bonds is 5. The minimum atomic E-state index is -0.326. The number of nitrogens with one attached hydrogen (secondary N) is 1. The van der Waals surface area contributed by atoms with Gasteiger partial charge in [0.05, 0.1) is 23.1 Å². The van der Waals surface area contributed by atoms with Gasteiger partial charge in [-0.2, -0.15) is 5.10 Å². The predicted molar refractivity (Wildman–Crippen MR) is 98.5 cm³/mol. The Balaban J connectivity index is 1.66. The number of carbonyl (C=O) groups excluding carboxylic acids is 1. The molecule has 0 aliphatic heterocycles. The molecule has 2 aromatic heterocycles. The van der Waals surface area contributed by atoms with Gasteiger partial charge in [-0.3, -0.25) is 4.79 Å². The van der Waals surface area contributed by atoms with E-state index in [0.717, 1.165) is 11.0 Å². The molecule has 0 aliphatic carbocycles. The van der Waals surface area contributed by atoms with Crippen LogP contribution in [0.15, 0.2) is 36.7 Å². The quantitative estimate of drug-likeness (QED) is 0.716. The summed E-state index contributed by atoms with van der Waals surface area (Å²) < 4.78 is 7.23. The first-order chi connectivity index (χ1) is 11.9. The Hall–Kier alpha value is -2.31. The number of halogens is 2. The van der Waals surface area contributed by atoms with Gasteiger partial charge in [-0.15, -0.1) is 0 Å². The minimum Gasteiger partial charge on any atom is -0.482 e. The fourth-order valence-electron chi connectivity index (χ4n) is 2.31. The van der Waals surface area contributed by atoms with Crippen LogP contribution in [-0.4, -0.2) is 27.3 Å². The van der Waals surface area contributed by atoms with Gasteiger partial charge in [-0.05, 0) is 32.0 Å². The van der Waals surface area contributed by atoms with Gasteiger partial charge in [0.25, 0.3) is 5.91 Å². The highest BCUT2D eigenvalue weighted by atomic mass is 35.5. The van der Waals surface area contributed by atoms with Gasteiger partial charge in [0.15, 0.2) is 12.3 Å². The molecule has 0 bridgehead atoms. The SMILES string of the molecule is CC(C)n1ncc2cc(NC(=O)COc3cc(Cl)ccc3Cl)cnc21. The van der Waals surface area contributed by atoms with Gasteiger partial charge in [0.1, 0.15) is 5.75 Å². The first kappa shape index (κ1) is 17.5. The molecule has 25 heavy (non-hydrogen) atoms. The molecular formula is C17H16Cl2N4O2. The number of nitrogens with zero attached hydrogens (tertiary/aromatic N) is 3. The van der Waals surface area contributed by atoms with E-state index >= 15 is 0 Å². The van der Waals surface area contributed by atoms with E-state index in [1.807, 2.05) is 24.6 Å². The number of fused-ring (bicyclic) bond motifs is 1. The summed E-state index contributed by atoms with van der Waals surface area (Å²) in [5.41, 5.74) is 1.34. The molecular weight excluding hydrogens is 363 g/mol. The Morgan fingerprint density at radius 1 is 1.28 bits per heavy atom. The minimum absolute atomic E-state index is 0.191. The zero-order valence-corrected chi connectivity index (χ0v) is 15.2. The van der Waals surface area contributed by atoms with Crippen molar-refractivity contribution in [2.75, 3.05) is 11.9 Å². The molecule has 0 saturated heterocycles. The lowest BCUT2D eigenvalue weighted by atomic mass is 10.3. The van der Waals surface area contributed by atoms with Crippen LogP contribution in [0.5, 0.6) is 5.75 Å². The Kier molecular flexibility index (Phi) is 5.11. The number of hydrogen-bond donors (Lipinski definition) is 1. The molecule has 1 aromatic carbocycles. The van der Waals surface area contributed by atoms with Gasteiger partial charge in [-0.1, -0.05) is 23.2 Å². The first-order valence-electron chi connectivity index (χ1n) is 7.65. The van der Waals surface area contributed by atoms with Crippen molar-refractivity contribution in [2.45, 2.75) is 19.9 Å². The van der Waals surface area contributed by atoms with Crippen molar-refractivity contribution in [1.29, 1.82) is 0 Å². The van der Waals surface area contributed by atoms with Gasteiger partial charge >= 0.3 is 0 Å². The van der Waals surface area contributed by atoms with Crippen LogP contribution < -0.4 is 10.1 Å². The van der Waals surface area contributed by atoms with E-state index in [9.17, 15) is 4.79 Å². The summed E-state index contributed by atoms with van der Waals surface area (Å²) in [7, 11) is 0. The molecule has 0 aliphatic rings. The smallest absolute Gasteiger partial charge is 0.262 e. The van der Waals surface area contributed by atoms with Crippen molar-refractivity contribution in [1.82, 2.24) is 14.8 Å². The maximum atomic E-state index is 12.1. The van der Waals surface area contributed by atoms with Crippen molar-refractivity contribution < 1.29 is 9.53 Å². The average Bonchev–Trinajstić information content (AvgIpc) is 2.99. The molecule has 0 spiro atoms. The van der Waals surface area contributed by atoms with Crippen molar-refractivity contribution in [3.8, 4) is 5.75 Å². The number of aromatic nitrogens is 3. The van der Waals surface area contributed by atoms with E-state index in [1.165, 1.54) is 0 Å². The second-order valence-electron chi connectivity index (χ2n) is 5.73. The van der Waals surface area contributed by atoms with E-state index in [1.54, 1.807) is 30.6 Å². The topological polar surface area (TPSA) is 69.0 Å². The summed E-state index contributed by atoms with van der Waals surface area (Å²) in [6.45, 7) is 3.87. The fourth-order valence-corrected chi connectivity index (χ4v) is 2.65. The zero-order chi connectivity index (χ0) is 18.0. The van der Waals surface area contributed by atoms with Crippen LogP contribution in [0.4, 0.5) is 5.69 Å². The predicted octanol–water partition coefficient (Wildman–Crippen LogP) is 4.34. The number of carbonyl (C=O) groups is 1. The third-order valence-corrected chi connectivity index (χ3v) is 4.01. The summed E-state index contributed by atoms with van der Waals surface area (Å²) in [6.07, 6.45) is 3.31. The molecule has 6 nitrogen and oxygen atoms in total. The second kappa shape index (κ2) is 7.29. The summed E-state index contributed by atoms with van der Waals surface area (Å²) in [4.78, 5) is 16.4. The Morgan fingerprint density at radius 3 is 2.84 bits per heavy atom. The molecule has 3 rings (SSSR count). The Morgan fingerprint density at radius 2 is 2.08 bits per heavy atom. The van der Waals surface area contributed by atoms with Crippen LogP contribution in [0.3, 0.4) is 0 Å². The molecule has 1 amide bonds. The number of ether oxygens (including phenoxy) is 1. The third kappa shape index (κ3) is 4.03. The standard InChI is InChI=1S/C17H16Cl2N4O2/c1-10(2)23-17-11(7-21-23)5-13(8-20-17)22-16(24)9-25-15-6-12(18)3-4-14(15)19/h3-8,10H,9H2,1-2H3,(H,22,24). The van der Waals surface area contributed by atoms with Crippen molar-refractivity contribution in [3.05, 3.63) is 46.7 Å². The molecule has 1 N–H and O–H groups in total. The monoisotopic (exact) mass is 378 g/mol. The van der Waals surface area contributed by atoms with E-state index in [2.05, 4.69) is 15.4 Å². The number of hydrogen-bond acceptors (Lipinski definition) is 4. The molecule has 0 unspecified atom stereocenters. The Bertz CT molecular complexity index is 924. The molecule has 0 radical (unpaired) electrons. The second-order valence-corrected chi connectivity index (χ2v) is 6.57. The maximum Gasteiger partial charge on any atom is 0.262 e. The van der Waals surface area contributed by atoms with Crippen molar-refractivity contribution in [3.63, 3.8) is 0 Å². The number of amides is 1. The highest BCUT2D eigenvalue weighted by molar-refractivity contribution is 6.34. The van der Waals surface area contributed by atoms with Gasteiger partial charge in [0.2, 0.25) is 0 Å². The summed E-state index contributed by atoms with van der Waals surface area (Å²) in [6, 6.07) is 6.85. The molecule has 0 atom stereocenters. The van der Waals surface area contributed by atoms with Gasteiger partial charge in [-0.25, -0.2) is 9.67 Å². The third-order valence-electron chi connectivity index (χ3n) is 3.46. The lowest BCUT2D eigenvalue weighted by molar-refractivity contribution is -0.118. The normalized spacial score (nSPS) is 11.1. The van der Waals surface area contributed by atoms with Crippen LogP contribution in [-0.2, 0) is 4.79 Å². The van der Waals surface area contributed by atoms with Crippen LogP contribution in [0.2, 0.25) is 10.0 Å². The fraction of sp³-hybridized carbons (Fsp3) is 0.235. The van der Waals surface area contributed by atoms with Crippen LogP contribution in [0.1, 0.15) is 19.9 Å². The van der Waals surface area contributed by atoms with Gasteiger partial charge < -0.3 is 10.1 Å². The van der Waals surface area contributed by atoms with Crippen LogP contribution in [0, 0.1) is 0 Å². The molecule has 3 aromatic rings. The molecule has 0 saturated carbocycles. The molecule has 8 heteroatoms. The largest absolute Gasteiger partial charge is 0.482 e. The summed E-state index contributed by atoms with van der Waals surface area (Å²) in [5.74, 6) is 0.0320. The lowest BCUT2D eigenvalue weighted by Crippen LogP contribution is -2.20. The van der Waals surface area contributed by atoms with E-state index < -0.39 is 0 Å². The lowest BCUT2D eigenvalue weighted by Gasteiger charge is -2.09. The first-order valence-corrected chi connectivity index (χ1v) is 8.40. The van der Waals surface area contributed by atoms with Gasteiger partial charge in [0, 0.05) is 22.5 Å². The maximum absolute atomic E-state index is 12.1. The molecule has 0 fully saturated rings. The summed E-state index contributed by atoms with van der Waals surface area (Å²) in [5, 5.41) is 8.76. The van der Waals surface area contributed by atoms with Crippen LogP contribution >= 0.6 is 23.2 Å². The Labute approximate surface area is 154 Å². The molecule has 130 valence electrons. The highest BCUT2D eigenvalue weighted by Gasteiger charge is 2.10. The summed E-state index contributed by atoms with van der Waals surface area (Å²) >= 11 is 11.9. The van der Waals surface area contributed by atoms with E-state index in [4.69, 9.17) is 27.9 Å². The van der Waals surface area contributed by atoms with E-state index in [-0.39, 0.29) is 18.6 Å². The molecule has 2 heterocycles. The highest BCUT2D eigenvalue weighted by Crippen LogP contribution is 2.27.